The summed E-state index contributed by atoms with van der Waals surface area (Å²) in [6.07, 6.45) is 1.75. The van der Waals surface area contributed by atoms with Crippen molar-refractivity contribution < 1.29 is 14.3 Å². The highest BCUT2D eigenvalue weighted by Crippen LogP contribution is 2.51. The van der Waals surface area contributed by atoms with Crippen molar-refractivity contribution in [1.82, 2.24) is 0 Å². The van der Waals surface area contributed by atoms with Gasteiger partial charge in [-0.1, -0.05) is 0 Å². The highest BCUT2D eigenvalue weighted by atomic mass is 19.1. The lowest BCUT2D eigenvalue weighted by atomic mass is 9.96. The summed E-state index contributed by atoms with van der Waals surface area (Å²) in [5.41, 5.74) is 0.337. The third kappa shape index (κ3) is 1.47. The van der Waals surface area contributed by atoms with Gasteiger partial charge in [0.2, 0.25) is 0 Å². The van der Waals surface area contributed by atoms with Crippen molar-refractivity contribution >= 4 is 0 Å². The second-order valence-corrected chi connectivity index (χ2v) is 3.75. The van der Waals surface area contributed by atoms with E-state index < -0.39 is 0 Å². The van der Waals surface area contributed by atoms with Crippen LogP contribution in [0.3, 0.4) is 0 Å². The number of phenols is 1. The minimum absolute atomic E-state index is 0.112. The summed E-state index contributed by atoms with van der Waals surface area (Å²) in [6.45, 7) is 0.323. The van der Waals surface area contributed by atoms with Crippen LogP contribution in [0.25, 0.3) is 0 Å². The highest BCUT2D eigenvalue weighted by molar-refractivity contribution is 5.42. The van der Waals surface area contributed by atoms with Gasteiger partial charge in [-0.2, -0.15) is 0 Å². The van der Waals surface area contributed by atoms with Gasteiger partial charge in [0.05, 0.1) is 6.61 Å². The van der Waals surface area contributed by atoms with Crippen molar-refractivity contribution in [2.24, 2.45) is 5.90 Å². The van der Waals surface area contributed by atoms with Crippen LogP contribution in [0, 0.1) is 5.82 Å². The van der Waals surface area contributed by atoms with Crippen LogP contribution in [0.4, 0.5) is 4.39 Å². The quantitative estimate of drug-likeness (QED) is 0.721. The van der Waals surface area contributed by atoms with Crippen LogP contribution in [0.2, 0.25) is 0 Å². The Bertz CT molecular complexity index is 350. The topological polar surface area (TPSA) is 55.5 Å². The molecule has 0 aromatic heterocycles. The fourth-order valence-corrected chi connectivity index (χ4v) is 1.73. The van der Waals surface area contributed by atoms with Crippen molar-refractivity contribution in [1.29, 1.82) is 0 Å². The molecule has 2 rings (SSSR count). The van der Waals surface area contributed by atoms with E-state index >= 15 is 0 Å². The van der Waals surface area contributed by atoms with Crippen LogP contribution in [-0.2, 0) is 10.3 Å². The van der Waals surface area contributed by atoms with Gasteiger partial charge in [-0.3, -0.25) is 0 Å². The Kier molecular flexibility index (Phi) is 2.17. The number of halogens is 1. The first-order chi connectivity index (χ1) is 6.68. The predicted molar refractivity (Wildman–Crippen MR) is 49.1 cm³/mol. The van der Waals surface area contributed by atoms with E-state index in [1.807, 2.05) is 0 Å². The summed E-state index contributed by atoms with van der Waals surface area (Å²) >= 11 is 0. The number of benzene rings is 1. The first-order valence-corrected chi connectivity index (χ1v) is 4.49. The third-order valence-electron chi connectivity index (χ3n) is 2.74. The summed E-state index contributed by atoms with van der Waals surface area (Å²) in [6, 6.07) is 3.95. The lowest BCUT2D eigenvalue weighted by Gasteiger charge is -2.15. The van der Waals surface area contributed by atoms with E-state index in [9.17, 15) is 9.50 Å². The standard InChI is InChI=1S/C10H12FNO2/c11-7-1-2-9(13)8(5-7)10(3-4-10)6-14-12/h1-2,5,13H,3-4,6,12H2. The van der Waals surface area contributed by atoms with Gasteiger partial charge >= 0.3 is 0 Å². The molecule has 14 heavy (non-hydrogen) atoms. The fraction of sp³-hybridized carbons (Fsp3) is 0.400. The summed E-state index contributed by atoms with van der Waals surface area (Å²) in [5.74, 6) is 4.77. The van der Waals surface area contributed by atoms with E-state index in [1.165, 1.54) is 18.2 Å². The maximum absolute atomic E-state index is 13.0. The largest absolute Gasteiger partial charge is 0.508 e. The van der Waals surface area contributed by atoms with Crippen molar-refractivity contribution in [3.63, 3.8) is 0 Å². The zero-order valence-corrected chi connectivity index (χ0v) is 7.66. The Hall–Kier alpha value is -1.13. The average molecular weight is 197 g/mol. The molecule has 76 valence electrons. The number of phenolic OH excluding ortho intramolecular Hbond substituents is 1. The van der Waals surface area contributed by atoms with E-state index in [4.69, 9.17) is 5.90 Å². The Morgan fingerprint density at radius 1 is 1.50 bits per heavy atom. The minimum Gasteiger partial charge on any atom is -0.508 e. The Morgan fingerprint density at radius 3 is 2.79 bits per heavy atom. The molecule has 0 unspecified atom stereocenters. The lowest BCUT2D eigenvalue weighted by molar-refractivity contribution is 0.115. The van der Waals surface area contributed by atoms with Crippen LogP contribution in [0.1, 0.15) is 18.4 Å². The van der Waals surface area contributed by atoms with Gasteiger partial charge in [0.15, 0.2) is 0 Å². The molecule has 1 aliphatic carbocycles. The maximum atomic E-state index is 13.0. The number of hydrogen-bond acceptors (Lipinski definition) is 3. The number of aromatic hydroxyl groups is 1. The molecule has 1 aromatic carbocycles. The van der Waals surface area contributed by atoms with Crippen molar-refractivity contribution in [3.8, 4) is 5.75 Å². The number of rotatable bonds is 3. The molecule has 1 saturated carbocycles. The van der Waals surface area contributed by atoms with Crippen molar-refractivity contribution in [2.45, 2.75) is 18.3 Å². The van der Waals surface area contributed by atoms with Crippen molar-refractivity contribution in [2.75, 3.05) is 6.61 Å². The second-order valence-electron chi connectivity index (χ2n) is 3.75. The Morgan fingerprint density at radius 2 is 2.21 bits per heavy atom. The third-order valence-corrected chi connectivity index (χ3v) is 2.74. The average Bonchev–Trinajstić information content (AvgIpc) is 2.91. The molecule has 0 heterocycles. The van der Waals surface area contributed by atoms with Crippen LogP contribution in [0.15, 0.2) is 18.2 Å². The normalized spacial score (nSPS) is 18.1. The van der Waals surface area contributed by atoms with Crippen LogP contribution >= 0.6 is 0 Å². The second kappa shape index (κ2) is 3.22. The van der Waals surface area contributed by atoms with Crippen LogP contribution in [-0.4, -0.2) is 11.7 Å². The molecule has 0 atom stereocenters. The molecule has 0 saturated heterocycles. The van der Waals surface area contributed by atoms with Crippen LogP contribution < -0.4 is 5.90 Å². The molecule has 0 radical (unpaired) electrons. The Balaban J connectivity index is 2.35. The fourth-order valence-electron chi connectivity index (χ4n) is 1.73. The highest BCUT2D eigenvalue weighted by Gasteiger charge is 2.46. The summed E-state index contributed by atoms with van der Waals surface area (Å²) in [5, 5.41) is 9.57. The molecule has 1 fully saturated rings. The van der Waals surface area contributed by atoms with Gasteiger partial charge in [0.1, 0.15) is 11.6 Å². The molecule has 0 spiro atoms. The van der Waals surface area contributed by atoms with Crippen LogP contribution in [0.5, 0.6) is 5.75 Å². The van der Waals surface area contributed by atoms with Gasteiger partial charge in [-0.25, -0.2) is 10.3 Å². The molecule has 0 amide bonds. The van der Waals surface area contributed by atoms with Gasteiger partial charge in [0.25, 0.3) is 0 Å². The minimum atomic E-state index is -0.346. The molecular formula is C10H12FNO2. The molecule has 4 heteroatoms. The Labute approximate surface area is 81.3 Å². The predicted octanol–water partition coefficient (Wildman–Crippen LogP) is 1.45. The number of nitrogens with two attached hydrogens (primary N) is 1. The number of hydrogen-bond donors (Lipinski definition) is 2. The SMILES string of the molecule is NOCC1(c2cc(F)ccc2O)CC1. The van der Waals surface area contributed by atoms with Gasteiger partial charge < -0.3 is 9.94 Å². The zero-order valence-electron chi connectivity index (χ0n) is 7.66. The first kappa shape index (κ1) is 9.43. The molecule has 1 aromatic rings. The molecule has 3 N–H and O–H groups in total. The van der Waals surface area contributed by atoms with E-state index in [0.29, 0.717) is 12.2 Å². The molecule has 0 bridgehead atoms. The van der Waals surface area contributed by atoms with Gasteiger partial charge in [-0.05, 0) is 31.0 Å². The van der Waals surface area contributed by atoms with E-state index in [1.54, 1.807) is 0 Å². The van der Waals surface area contributed by atoms with Gasteiger partial charge in [-0.15, -0.1) is 0 Å². The molecule has 3 nitrogen and oxygen atoms in total. The monoisotopic (exact) mass is 197 g/mol. The zero-order chi connectivity index (χ0) is 10.2. The van der Waals surface area contributed by atoms with E-state index in [-0.39, 0.29) is 17.0 Å². The summed E-state index contributed by atoms with van der Waals surface area (Å²) in [7, 11) is 0. The lowest BCUT2D eigenvalue weighted by Crippen LogP contribution is -2.18. The molecule has 1 aliphatic rings. The molecular weight excluding hydrogens is 185 g/mol. The van der Waals surface area contributed by atoms with E-state index in [0.717, 1.165) is 12.8 Å². The van der Waals surface area contributed by atoms with Gasteiger partial charge in [0, 0.05) is 11.0 Å². The van der Waals surface area contributed by atoms with E-state index in [2.05, 4.69) is 4.84 Å². The summed E-state index contributed by atoms with van der Waals surface area (Å²) in [4.78, 5) is 4.58. The maximum Gasteiger partial charge on any atom is 0.123 e. The first-order valence-electron chi connectivity index (χ1n) is 4.49. The van der Waals surface area contributed by atoms with Crippen molar-refractivity contribution in [3.05, 3.63) is 29.6 Å². The smallest absolute Gasteiger partial charge is 0.123 e. The molecule has 0 aliphatic heterocycles. The summed E-state index contributed by atoms with van der Waals surface area (Å²) < 4.78 is 13.0.